The number of benzene rings is 1. The van der Waals surface area contributed by atoms with Crippen LogP contribution in [0.3, 0.4) is 0 Å². The van der Waals surface area contributed by atoms with Gasteiger partial charge in [-0.1, -0.05) is 6.92 Å². The lowest BCUT2D eigenvalue weighted by molar-refractivity contribution is -0.117. The molecule has 2 amide bonds. The first-order chi connectivity index (χ1) is 15.4. The Morgan fingerprint density at radius 1 is 1.19 bits per heavy atom. The molecule has 3 aliphatic rings. The summed E-state index contributed by atoms with van der Waals surface area (Å²) in [4.78, 5) is 29.7. The van der Waals surface area contributed by atoms with Crippen molar-refractivity contribution in [3.63, 3.8) is 0 Å². The number of hydrogen-bond donors (Lipinski definition) is 1. The van der Waals surface area contributed by atoms with Gasteiger partial charge in [0.2, 0.25) is 5.91 Å². The first kappa shape index (κ1) is 23.1. The Kier molecular flexibility index (Phi) is 7.05. The summed E-state index contributed by atoms with van der Waals surface area (Å²) in [5.74, 6) is 1.65. The summed E-state index contributed by atoms with van der Waals surface area (Å²) in [6, 6.07) is 5.56. The molecule has 0 saturated heterocycles. The van der Waals surface area contributed by atoms with Crippen molar-refractivity contribution in [1.29, 1.82) is 0 Å². The highest BCUT2D eigenvalue weighted by Crippen LogP contribution is 2.33. The van der Waals surface area contributed by atoms with Crippen molar-refractivity contribution in [2.24, 2.45) is 17.8 Å². The number of carbonyl (C=O) groups is 2. The van der Waals surface area contributed by atoms with Crippen LogP contribution in [0.5, 0.6) is 5.75 Å². The molecule has 3 atom stereocenters. The van der Waals surface area contributed by atoms with Gasteiger partial charge < -0.3 is 19.7 Å². The summed E-state index contributed by atoms with van der Waals surface area (Å²) < 4.78 is 12.0. The monoisotopic (exact) mass is 443 g/mol. The second-order valence-corrected chi connectivity index (χ2v) is 9.97. The van der Waals surface area contributed by atoms with Crippen LogP contribution >= 0.6 is 0 Å². The van der Waals surface area contributed by atoms with E-state index in [2.05, 4.69) is 24.1 Å². The van der Waals surface area contributed by atoms with Crippen LogP contribution in [0.4, 0.5) is 5.69 Å². The molecule has 0 unspecified atom stereocenters. The molecule has 1 aromatic rings. The van der Waals surface area contributed by atoms with Crippen LogP contribution in [0.2, 0.25) is 0 Å². The third kappa shape index (κ3) is 5.62. The predicted molar refractivity (Wildman–Crippen MR) is 124 cm³/mol. The van der Waals surface area contributed by atoms with Gasteiger partial charge in [-0.15, -0.1) is 0 Å². The number of hydrogen-bond acceptors (Lipinski definition) is 5. The second kappa shape index (κ2) is 9.79. The van der Waals surface area contributed by atoms with Gasteiger partial charge in [-0.3, -0.25) is 14.5 Å². The van der Waals surface area contributed by atoms with Gasteiger partial charge in [0.25, 0.3) is 5.91 Å². The van der Waals surface area contributed by atoms with Gasteiger partial charge in [-0.2, -0.15) is 0 Å². The van der Waals surface area contributed by atoms with Crippen molar-refractivity contribution in [3.8, 4) is 5.75 Å². The van der Waals surface area contributed by atoms with Crippen molar-refractivity contribution in [3.05, 3.63) is 23.8 Å². The fraction of sp³-hybridized carbons (Fsp3) is 0.680. The average Bonchev–Trinajstić information content (AvgIpc) is 3.68. The zero-order valence-electron chi connectivity index (χ0n) is 19.8. The van der Waals surface area contributed by atoms with E-state index in [1.807, 2.05) is 7.05 Å². The van der Waals surface area contributed by atoms with Crippen molar-refractivity contribution in [1.82, 2.24) is 9.80 Å². The van der Waals surface area contributed by atoms with Gasteiger partial charge in [0.15, 0.2) is 0 Å². The third-order valence-electron chi connectivity index (χ3n) is 6.98. The van der Waals surface area contributed by atoms with Crippen molar-refractivity contribution in [2.75, 3.05) is 45.7 Å². The molecule has 0 spiro atoms. The van der Waals surface area contributed by atoms with E-state index in [1.165, 1.54) is 12.8 Å². The van der Waals surface area contributed by atoms with E-state index in [0.29, 0.717) is 30.2 Å². The Hall–Kier alpha value is -2.12. The van der Waals surface area contributed by atoms with Gasteiger partial charge >= 0.3 is 0 Å². The first-order valence-corrected chi connectivity index (χ1v) is 12.0. The lowest BCUT2D eigenvalue weighted by Crippen LogP contribution is -2.47. The molecule has 7 heteroatoms. The van der Waals surface area contributed by atoms with E-state index in [-0.39, 0.29) is 35.8 Å². The number of ether oxygens (including phenoxy) is 2. The molecule has 2 fully saturated rings. The highest BCUT2D eigenvalue weighted by Gasteiger charge is 2.32. The average molecular weight is 444 g/mol. The van der Waals surface area contributed by atoms with Gasteiger partial charge in [0.1, 0.15) is 12.4 Å². The molecular weight excluding hydrogens is 406 g/mol. The highest BCUT2D eigenvalue weighted by atomic mass is 16.5. The first-order valence-electron chi connectivity index (χ1n) is 12.0. The van der Waals surface area contributed by atoms with E-state index in [4.69, 9.17) is 9.47 Å². The van der Waals surface area contributed by atoms with Crippen LogP contribution < -0.4 is 10.1 Å². The Morgan fingerprint density at radius 3 is 2.59 bits per heavy atom. The number of fused-ring (bicyclic) bond motifs is 1. The minimum atomic E-state index is -0.0996. The van der Waals surface area contributed by atoms with E-state index in [9.17, 15) is 9.59 Å². The van der Waals surface area contributed by atoms with Crippen LogP contribution in [0.1, 0.15) is 49.9 Å². The van der Waals surface area contributed by atoms with Crippen LogP contribution in [0, 0.1) is 17.8 Å². The molecule has 176 valence electrons. The Bertz CT molecular complexity index is 836. The van der Waals surface area contributed by atoms with E-state index in [1.54, 1.807) is 30.2 Å². The third-order valence-corrected chi connectivity index (χ3v) is 6.98. The lowest BCUT2D eigenvalue weighted by atomic mass is 10.0. The molecule has 4 rings (SSSR count). The minimum absolute atomic E-state index is 0.0428. The number of methoxy groups -OCH3 is 1. The van der Waals surface area contributed by atoms with Crippen LogP contribution in [-0.4, -0.2) is 74.2 Å². The summed E-state index contributed by atoms with van der Waals surface area (Å²) in [6.07, 6.45) is 4.46. The summed E-state index contributed by atoms with van der Waals surface area (Å²) in [7, 11) is 3.54. The standard InChI is InChI=1S/C25H37N3O4/c1-16-12-28(13-18-5-6-18)17(2)15-32-22-11-20(26-24(29)19-7-8-19)9-10-21(22)25(30)27(3)14-23(16)31-4/h9-11,16-19,23H,5-8,12-15H2,1-4H3,(H,26,29)/t16-,17+,23+/m0/s1. The fourth-order valence-corrected chi connectivity index (χ4v) is 4.40. The number of anilines is 1. The largest absolute Gasteiger partial charge is 0.491 e. The molecule has 2 aliphatic carbocycles. The number of carbonyl (C=O) groups excluding carboxylic acids is 2. The molecule has 1 aliphatic heterocycles. The van der Waals surface area contributed by atoms with Gasteiger partial charge in [0.05, 0.1) is 11.7 Å². The van der Waals surface area contributed by atoms with Crippen molar-refractivity contribution in [2.45, 2.75) is 51.7 Å². The minimum Gasteiger partial charge on any atom is -0.491 e. The summed E-state index contributed by atoms with van der Waals surface area (Å²) in [5, 5.41) is 2.97. The molecule has 0 radical (unpaired) electrons. The van der Waals surface area contributed by atoms with E-state index < -0.39 is 0 Å². The van der Waals surface area contributed by atoms with Gasteiger partial charge in [-0.05, 0) is 56.6 Å². The topological polar surface area (TPSA) is 71.1 Å². The van der Waals surface area contributed by atoms with Gasteiger partial charge in [0, 0.05) is 57.5 Å². The molecule has 32 heavy (non-hydrogen) atoms. The van der Waals surface area contributed by atoms with Crippen molar-refractivity contribution >= 4 is 17.5 Å². The van der Waals surface area contributed by atoms with Crippen LogP contribution in [-0.2, 0) is 9.53 Å². The number of nitrogens with one attached hydrogen (secondary N) is 1. The van der Waals surface area contributed by atoms with E-state index in [0.717, 1.165) is 31.8 Å². The maximum absolute atomic E-state index is 13.3. The summed E-state index contributed by atoms with van der Waals surface area (Å²) >= 11 is 0. The molecule has 0 aromatic heterocycles. The Labute approximate surface area is 191 Å². The number of likely N-dealkylation sites (N-methyl/N-ethyl adjacent to an activating group) is 1. The fourth-order valence-electron chi connectivity index (χ4n) is 4.40. The number of nitrogens with zero attached hydrogens (tertiary/aromatic N) is 2. The van der Waals surface area contributed by atoms with E-state index >= 15 is 0 Å². The summed E-state index contributed by atoms with van der Waals surface area (Å²) in [6.45, 7) is 7.38. The molecule has 0 bridgehead atoms. The lowest BCUT2D eigenvalue weighted by Gasteiger charge is -2.36. The zero-order valence-corrected chi connectivity index (χ0v) is 19.8. The molecule has 7 nitrogen and oxygen atoms in total. The molecule has 1 aromatic carbocycles. The zero-order chi connectivity index (χ0) is 22.8. The number of amides is 2. The molecule has 2 saturated carbocycles. The smallest absolute Gasteiger partial charge is 0.257 e. The van der Waals surface area contributed by atoms with Crippen LogP contribution in [0.25, 0.3) is 0 Å². The maximum Gasteiger partial charge on any atom is 0.257 e. The summed E-state index contributed by atoms with van der Waals surface area (Å²) in [5.41, 5.74) is 1.19. The molecule has 1 N–H and O–H groups in total. The van der Waals surface area contributed by atoms with Crippen LogP contribution in [0.15, 0.2) is 18.2 Å². The number of rotatable bonds is 5. The maximum atomic E-state index is 13.3. The normalized spacial score (nSPS) is 27.7. The molecular formula is C25H37N3O4. The molecule has 1 heterocycles. The Morgan fingerprint density at radius 2 is 1.94 bits per heavy atom. The van der Waals surface area contributed by atoms with Gasteiger partial charge in [-0.25, -0.2) is 0 Å². The highest BCUT2D eigenvalue weighted by molar-refractivity contribution is 5.99. The quantitative estimate of drug-likeness (QED) is 0.756. The van der Waals surface area contributed by atoms with Crippen molar-refractivity contribution < 1.29 is 19.1 Å². The SMILES string of the molecule is CO[C@@H]1CN(C)C(=O)c2ccc(NC(=O)C3CC3)cc2OC[C@@H](C)N(CC2CC2)C[C@@H]1C. The predicted octanol–water partition coefficient (Wildman–Crippen LogP) is 3.25. The second-order valence-electron chi connectivity index (χ2n) is 9.97. The Balaban J connectivity index is 1.60.